The molecule has 0 aliphatic carbocycles. The molecule has 1 aliphatic rings. The van der Waals surface area contributed by atoms with Gasteiger partial charge < -0.3 is 0 Å². The lowest BCUT2D eigenvalue weighted by atomic mass is 9.96. The number of aromatic nitrogens is 2. The molecule has 2 unspecified atom stereocenters. The van der Waals surface area contributed by atoms with E-state index in [1.807, 2.05) is 25.1 Å². The number of hydrogen-bond donors (Lipinski definition) is 0. The van der Waals surface area contributed by atoms with E-state index in [4.69, 9.17) is 5.26 Å². The van der Waals surface area contributed by atoms with Gasteiger partial charge in [0.05, 0.1) is 40.3 Å². The number of piperazine rings is 1. The average Bonchev–Trinajstić information content (AvgIpc) is 3.33. The summed E-state index contributed by atoms with van der Waals surface area (Å²) in [6, 6.07) is 17.9. The number of hydrogen-bond acceptors (Lipinski definition) is 4. The molecular weight excluding hydrogens is 530 g/mol. The fourth-order valence-corrected chi connectivity index (χ4v) is 6.11. The normalized spacial score (nSPS) is 17.8. The van der Waals surface area contributed by atoms with Crippen molar-refractivity contribution in [2.45, 2.75) is 30.5 Å². The van der Waals surface area contributed by atoms with Crippen LogP contribution in [0.5, 0.6) is 0 Å². The first-order chi connectivity index (χ1) is 18.6. The van der Waals surface area contributed by atoms with Gasteiger partial charge in [0.25, 0.3) is 0 Å². The molecule has 0 spiro atoms. The summed E-state index contributed by atoms with van der Waals surface area (Å²) < 4.78 is 69.8. The molecular formula is C28H25F4N5OS. The van der Waals surface area contributed by atoms with Gasteiger partial charge in [-0.3, -0.25) is 4.90 Å². The molecule has 0 amide bonds. The Morgan fingerprint density at radius 3 is 2.46 bits per heavy atom. The van der Waals surface area contributed by atoms with Gasteiger partial charge in [-0.15, -0.1) is 0 Å². The Kier molecular flexibility index (Phi) is 7.53. The number of fused-ring (bicyclic) bond motifs is 1. The highest BCUT2D eigenvalue weighted by Crippen LogP contribution is 2.34. The third kappa shape index (κ3) is 5.88. The van der Waals surface area contributed by atoms with Crippen molar-refractivity contribution in [3.8, 4) is 11.8 Å². The molecule has 2 heterocycles. The van der Waals surface area contributed by atoms with Gasteiger partial charge in [0.15, 0.2) is 0 Å². The van der Waals surface area contributed by atoms with Crippen molar-refractivity contribution in [1.82, 2.24) is 19.0 Å². The lowest BCUT2D eigenvalue weighted by Gasteiger charge is -2.41. The van der Waals surface area contributed by atoms with E-state index in [1.165, 1.54) is 12.1 Å². The first-order valence-electron chi connectivity index (χ1n) is 12.3. The smallest absolute Gasteiger partial charge is 0.293 e. The molecule has 4 aromatic rings. The number of nitrogens with zero attached hydrogens (tertiary/aromatic N) is 5. The fraction of sp³-hybridized carbons (Fsp3) is 0.286. The van der Waals surface area contributed by atoms with Crippen molar-refractivity contribution in [3.05, 3.63) is 89.4 Å². The van der Waals surface area contributed by atoms with Crippen molar-refractivity contribution in [2.75, 3.05) is 26.2 Å². The molecule has 1 fully saturated rings. The van der Waals surface area contributed by atoms with Gasteiger partial charge in [-0.25, -0.2) is 17.6 Å². The van der Waals surface area contributed by atoms with E-state index < -0.39 is 29.6 Å². The highest BCUT2D eigenvalue weighted by atomic mass is 32.2. The van der Waals surface area contributed by atoms with Gasteiger partial charge in [-0.05, 0) is 78.7 Å². The van der Waals surface area contributed by atoms with E-state index in [0.29, 0.717) is 29.2 Å². The molecule has 1 aromatic heterocycles. The predicted octanol–water partition coefficient (Wildman–Crippen LogP) is 5.68. The first-order valence-corrected chi connectivity index (χ1v) is 13.5. The Balaban J connectivity index is 1.48. The summed E-state index contributed by atoms with van der Waals surface area (Å²) in [4.78, 5) is 2.34. The second kappa shape index (κ2) is 10.9. The van der Waals surface area contributed by atoms with Crippen LogP contribution >= 0.6 is 0 Å². The van der Waals surface area contributed by atoms with Crippen molar-refractivity contribution >= 4 is 21.9 Å². The van der Waals surface area contributed by atoms with Crippen molar-refractivity contribution in [2.24, 2.45) is 0 Å². The standard InChI is InChI=1S/C28H25F4N5OS/c1-19-14-26-21(17-34-37(26)23-6-4-22(29)5-7-23)15-25(19)27-18-36(13-12-35(27)11-10-28(30,31)32)39(38)24-8-2-20(16-33)3-9-24/h2-9,14-15,17,27H,10-13,18H2,1H3. The van der Waals surface area contributed by atoms with Crippen LogP contribution < -0.4 is 0 Å². The highest BCUT2D eigenvalue weighted by molar-refractivity contribution is 7.82. The van der Waals surface area contributed by atoms with Crippen LogP contribution in [0.1, 0.15) is 29.2 Å². The zero-order valence-corrected chi connectivity index (χ0v) is 21.8. The molecule has 6 nitrogen and oxygen atoms in total. The van der Waals surface area contributed by atoms with Crippen LogP contribution in [0.3, 0.4) is 0 Å². The van der Waals surface area contributed by atoms with E-state index in [0.717, 1.165) is 22.0 Å². The average molecular weight is 556 g/mol. The minimum Gasteiger partial charge on any atom is -0.293 e. The molecule has 11 heteroatoms. The maximum atomic E-state index is 13.4. The monoisotopic (exact) mass is 555 g/mol. The molecule has 0 radical (unpaired) electrons. The fourth-order valence-electron chi connectivity index (χ4n) is 4.92. The number of benzene rings is 3. The Hall–Kier alpha value is -3.59. The van der Waals surface area contributed by atoms with Gasteiger partial charge in [-0.2, -0.15) is 23.5 Å². The van der Waals surface area contributed by atoms with Crippen molar-refractivity contribution < 1.29 is 21.8 Å². The number of nitriles is 1. The van der Waals surface area contributed by atoms with Crippen LogP contribution in [-0.4, -0.2) is 55.5 Å². The van der Waals surface area contributed by atoms with Crippen molar-refractivity contribution in [3.63, 3.8) is 0 Å². The summed E-state index contributed by atoms with van der Waals surface area (Å²) in [5.74, 6) is -0.354. The minimum atomic E-state index is -4.29. The van der Waals surface area contributed by atoms with E-state index in [9.17, 15) is 21.8 Å². The van der Waals surface area contributed by atoms with E-state index >= 15 is 0 Å². The van der Waals surface area contributed by atoms with Crippen LogP contribution in [0, 0.1) is 24.1 Å². The molecule has 5 rings (SSSR count). The Bertz CT molecular complexity index is 1540. The second-order valence-electron chi connectivity index (χ2n) is 9.49. The molecule has 202 valence electrons. The molecule has 2 atom stereocenters. The maximum Gasteiger partial charge on any atom is 0.390 e. The van der Waals surface area contributed by atoms with Crippen LogP contribution in [0.15, 0.2) is 71.8 Å². The lowest BCUT2D eigenvalue weighted by molar-refractivity contribution is -0.140. The summed E-state index contributed by atoms with van der Waals surface area (Å²) in [6.45, 7) is 2.65. The molecule has 3 aromatic carbocycles. The molecule has 0 bridgehead atoms. The number of rotatable bonds is 6. The lowest BCUT2D eigenvalue weighted by Crippen LogP contribution is -2.49. The van der Waals surface area contributed by atoms with Gasteiger partial charge in [0, 0.05) is 37.6 Å². The van der Waals surface area contributed by atoms with Crippen molar-refractivity contribution in [1.29, 1.82) is 5.26 Å². The molecule has 1 aliphatic heterocycles. The van der Waals surface area contributed by atoms with E-state index in [-0.39, 0.29) is 18.9 Å². The number of aryl methyl sites for hydroxylation is 1. The molecule has 1 saturated heterocycles. The largest absolute Gasteiger partial charge is 0.390 e. The maximum absolute atomic E-state index is 13.4. The zero-order valence-electron chi connectivity index (χ0n) is 21.0. The summed E-state index contributed by atoms with van der Waals surface area (Å²) in [5.41, 5.74) is 3.63. The van der Waals surface area contributed by atoms with Gasteiger partial charge in [0.1, 0.15) is 16.8 Å². The summed E-state index contributed by atoms with van der Waals surface area (Å²) in [6.07, 6.45) is -3.55. The van der Waals surface area contributed by atoms with Gasteiger partial charge in [-0.1, -0.05) is 0 Å². The highest BCUT2D eigenvalue weighted by Gasteiger charge is 2.35. The predicted molar refractivity (Wildman–Crippen MR) is 140 cm³/mol. The minimum absolute atomic E-state index is 0.169. The molecule has 0 saturated carbocycles. The van der Waals surface area contributed by atoms with Gasteiger partial charge >= 0.3 is 6.18 Å². The third-order valence-electron chi connectivity index (χ3n) is 6.94. The molecule has 0 N–H and O–H groups in total. The zero-order chi connectivity index (χ0) is 27.7. The summed E-state index contributed by atoms with van der Waals surface area (Å²) >= 11 is 0. The molecule has 39 heavy (non-hydrogen) atoms. The van der Waals surface area contributed by atoms with Crippen LogP contribution in [0.2, 0.25) is 0 Å². The van der Waals surface area contributed by atoms with Gasteiger partial charge in [0.2, 0.25) is 0 Å². The Morgan fingerprint density at radius 2 is 1.79 bits per heavy atom. The first kappa shape index (κ1) is 27.0. The van der Waals surface area contributed by atoms with Crippen LogP contribution in [-0.2, 0) is 11.0 Å². The van der Waals surface area contributed by atoms with Crippen LogP contribution in [0.25, 0.3) is 16.6 Å². The van der Waals surface area contributed by atoms with Crippen LogP contribution in [0.4, 0.5) is 17.6 Å². The number of halogens is 4. The summed E-state index contributed by atoms with van der Waals surface area (Å²) in [7, 11) is -1.54. The summed E-state index contributed by atoms with van der Waals surface area (Å²) in [5, 5.41) is 14.3. The Morgan fingerprint density at radius 1 is 1.08 bits per heavy atom. The second-order valence-corrected chi connectivity index (χ2v) is 11.0. The quantitative estimate of drug-likeness (QED) is 0.287. The van der Waals surface area contributed by atoms with E-state index in [1.54, 1.807) is 56.5 Å². The number of alkyl halides is 3. The SMILES string of the molecule is Cc1cc2c(cnn2-c2ccc(F)cc2)cc1C1CN(S(=O)c2ccc(C#N)cc2)CCN1CCC(F)(F)F. The third-order valence-corrected chi connectivity index (χ3v) is 8.42. The topological polar surface area (TPSA) is 65.2 Å². The van der Waals surface area contributed by atoms with E-state index in [2.05, 4.69) is 5.10 Å². The Labute approximate surface area is 225 Å².